The van der Waals surface area contributed by atoms with E-state index >= 15 is 0 Å². The van der Waals surface area contributed by atoms with E-state index in [4.69, 9.17) is 0 Å². The third-order valence-corrected chi connectivity index (χ3v) is 0. The highest BCUT2D eigenvalue weighted by Crippen LogP contribution is 1.79. The molecule has 0 rings (SSSR count). The Morgan fingerprint density at radius 1 is 2.00 bits per heavy atom. The van der Waals surface area contributed by atoms with E-state index in [9.17, 15) is 0 Å². The van der Waals surface area contributed by atoms with Crippen LogP contribution < -0.4 is 0 Å². The van der Waals surface area contributed by atoms with Crippen molar-refractivity contribution in [1.29, 1.82) is 0 Å². The van der Waals surface area contributed by atoms with Crippen LogP contribution in [-0.2, 0) is 0 Å². The lowest BCUT2D eigenvalue weighted by Gasteiger charge is -1.63. The maximum absolute atomic E-state index is 3.77. The topological polar surface area (TPSA) is 0 Å². The molecule has 0 radical (unpaired) electrons. The highest BCUT2D eigenvalue weighted by Gasteiger charge is 1.54. The summed E-state index contributed by atoms with van der Waals surface area (Å²) in [4.78, 5) is 0.861. The van der Waals surface area contributed by atoms with Crippen LogP contribution in [0.4, 0.5) is 0 Å². The van der Waals surface area contributed by atoms with Crippen molar-refractivity contribution in [1.82, 2.24) is 0 Å². The van der Waals surface area contributed by atoms with Crippen molar-refractivity contribution in [3.05, 3.63) is 11.4 Å². The van der Waals surface area contributed by atoms with E-state index in [1.165, 1.54) is 0 Å². The lowest BCUT2D eigenvalue weighted by Crippen LogP contribution is -1.50. The maximum atomic E-state index is 3.77. The summed E-state index contributed by atoms with van der Waals surface area (Å²) in [7, 11) is 1.84. The van der Waals surface area contributed by atoms with Crippen molar-refractivity contribution in [3.63, 3.8) is 0 Å². The van der Waals surface area contributed by atoms with Gasteiger partial charge in [0.05, 0.1) is 0 Å². The van der Waals surface area contributed by atoms with Crippen molar-refractivity contribution < 1.29 is 0 Å². The molecular formula is C2H5BS. The Bertz CT molecular complexity index is 29.0. The molecule has 22 valence electrons. The van der Waals surface area contributed by atoms with E-state index < -0.39 is 0 Å². The molecule has 0 amide bonds. The summed E-state index contributed by atoms with van der Waals surface area (Å²) in [6.45, 7) is 3.42. The average molecular weight is 71.9 g/mol. The molecule has 0 heterocycles. The van der Waals surface area contributed by atoms with Gasteiger partial charge < -0.3 is 0 Å². The molecule has 0 aliphatic heterocycles. The van der Waals surface area contributed by atoms with Gasteiger partial charge in [0, 0.05) is 0 Å². The largest absolute Gasteiger partial charge is 0.159 e. The lowest BCUT2D eigenvalue weighted by atomic mass is 10.2. The highest BCUT2D eigenvalue weighted by molar-refractivity contribution is 7.86. The van der Waals surface area contributed by atoms with E-state index in [2.05, 4.69) is 19.2 Å². The first-order valence-corrected chi connectivity index (χ1v) is 1.52. The second-order valence-corrected chi connectivity index (χ2v) is 1.50. The number of thiol groups is 1. The van der Waals surface area contributed by atoms with Crippen LogP contribution in [0, 0.1) is 0 Å². The second-order valence-electron chi connectivity index (χ2n) is 0.735. The Balaban J connectivity index is 2.80. The molecule has 0 atom stereocenters. The molecule has 0 aromatic heterocycles. The molecule has 0 aromatic carbocycles. The summed E-state index contributed by atoms with van der Waals surface area (Å²) in [6.07, 6.45) is 0. The molecule has 0 unspecified atom stereocenters. The van der Waals surface area contributed by atoms with Crippen LogP contribution in [0.3, 0.4) is 0 Å². The van der Waals surface area contributed by atoms with Crippen LogP contribution in [0.15, 0.2) is 11.4 Å². The minimum absolute atomic E-state index is 0.861. The van der Waals surface area contributed by atoms with Gasteiger partial charge in [-0.15, -0.1) is 0 Å². The monoisotopic (exact) mass is 72.0 g/mol. The minimum Gasteiger partial charge on any atom is -0.159 e. The molecule has 0 saturated heterocycles. The summed E-state index contributed by atoms with van der Waals surface area (Å²) in [5.41, 5.74) is 0. The van der Waals surface area contributed by atoms with Crippen molar-refractivity contribution in [2.75, 3.05) is 0 Å². The molecule has 0 aliphatic carbocycles. The van der Waals surface area contributed by atoms with E-state index in [0.29, 0.717) is 0 Å². The lowest BCUT2D eigenvalue weighted by molar-refractivity contribution is 2.51. The Labute approximate surface area is 32.7 Å². The molecule has 0 nitrogen and oxygen atoms in total. The van der Waals surface area contributed by atoms with E-state index in [1.54, 1.807) is 0 Å². The van der Waals surface area contributed by atoms with Gasteiger partial charge in [-0.3, -0.25) is 0 Å². The molecule has 4 heavy (non-hydrogen) atoms. The standard InChI is InChI=1S/C2H5BS/c1-2(3)4/h4H,1,3H2. The molecule has 0 aliphatic rings. The van der Waals surface area contributed by atoms with Gasteiger partial charge in [0.2, 0.25) is 0 Å². The summed E-state index contributed by atoms with van der Waals surface area (Å²) >= 11 is 3.77. The summed E-state index contributed by atoms with van der Waals surface area (Å²) in [5, 5.41) is 0. The van der Waals surface area contributed by atoms with Crippen LogP contribution in [0.25, 0.3) is 0 Å². The summed E-state index contributed by atoms with van der Waals surface area (Å²) < 4.78 is 0. The van der Waals surface area contributed by atoms with Gasteiger partial charge in [-0.1, -0.05) is 11.4 Å². The van der Waals surface area contributed by atoms with Crippen LogP contribution >= 0.6 is 12.6 Å². The Morgan fingerprint density at radius 2 is 2.00 bits per heavy atom. The van der Waals surface area contributed by atoms with Crippen LogP contribution in [0.1, 0.15) is 0 Å². The maximum Gasteiger partial charge on any atom is 0.146 e. The molecule has 0 saturated carbocycles. The van der Waals surface area contributed by atoms with Crippen LogP contribution in [0.2, 0.25) is 0 Å². The molecule has 0 aromatic rings. The minimum atomic E-state index is 0.861. The van der Waals surface area contributed by atoms with Gasteiger partial charge >= 0.3 is 0 Å². The smallest absolute Gasteiger partial charge is 0.146 e. The first-order valence-electron chi connectivity index (χ1n) is 1.08. The third-order valence-electron chi connectivity index (χ3n) is 0. The fraction of sp³-hybridized carbons (Fsp3) is 0. The van der Waals surface area contributed by atoms with Gasteiger partial charge in [0.25, 0.3) is 0 Å². The van der Waals surface area contributed by atoms with Crippen molar-refractivity contribution in [2.45, 2.75) is 0 Å². The Morgan fingerprint density at radius 3 is 2.00 bits per heavy atom. The molecule has 0 fully saturated rings. The van der Waals surface area contributed by atoms with Gasteiger partial charge in [-0.25, -0.2) is 0 Å². The van der Waals surface area contributed by atoms with Gasteiger partial charge in [0.1, 0.15) is 7.85 Å². The molecule has 0 N–H and O–H groups in total. The zero-order chi connectivity index (χ0) is 3.58. The van der Waals surface area contributed by atoms with Gasteiger partial charge in [-0.05, 0) is 0 Å². The quantitative estimate of drug-likeness (QED) is 0.302. The zero-order valence-electron chi connectivity index (χ0n) is 2.65. The fourth-order valence-corrected chi connectivity index (χ4v) is 0. The Kier molecular flexibility index (Phi) is 1.53. The first kappa shape index (κ1) is 4.15. The SMILES string of the molecule is BC(=C)S. The molecule has 2 heteroatoms. The van der Waals surface area contributed by atoms with Gasteiger partial charge in [0.15, 0.2) is 0 Å². The number of rotatable bonds is 0. The van der Waals surface area contributed by atoms with E-state index in [0.717, 1.165) is 4.80 Å². The molecular weight excluding hydrogens is 66.9 g/mol. The predicted molar refractivity (Wildman–Crippen MR) is 26.7 cm³/mol. The van der Waals surface area contributed by atoms with Crippen molar-refractivity contribution >= 4 is 20.5 Å². The van der Waals surface area contributed by atoms with Gasteiger partial charge in [-0.2, -0.15) is 12.6 Å². The summed E-state index contributed by atoms with van der Waals surface area (Å²) in [5.74, 6) is 0. The first-order chi connectivity index (χ1) is 1.73. The predicted octanol–water partition coefficient (Wildman–Crippen LogP) is 0.0205. The summed E-state index contributed by atoms with van der Waals surface area (Å²) in [6, 6.07) is 0. The molecule has 0 bridgehead atoms. The van der Waals surface area contributed by atoms with E-state index in [1.807, 2.05) is 7.85 Å². The number of hydrogen-bond acceptors (Lipinski definition) is 1. The third kappa shape index (κ3) is 120. The number of hydrogen-bond donors (Lipinski definition) is 1. The zero-order valence-corrected chi connectivity index (χ0v) is 3.55. The van der Waals surface area contributed by atoms with Crippen LogP contribution in [0.5, 0.6) is 0 Å². The van der Waals surface area contributed by atoms with Crippen molar-refractivity contribution in [3.8, 4) is 0 Å². The van der Waals surface area contributed by atoms with Crippen LogP contribution in [-0.4, -0.2) is 7.85 Å². The normalized spacial score (nSPS) is 6.25. The fourth-order valence-electron chi connectivity index (χ4n) is 0. The second kappa shape index (κ2) is 1.47. The highest BCUT2D eigenvalue weighted by atomic mass is 32.1. The average Bonchev–Trinajstić information content (AvgIpc) is 0.811. The molecule has 0 spiro atoms. The van der Waals surface area contributed by atoms with E-state index in [-0.39, 0.29) is 0 Å². The van der Waals surface area contributed by atoms with Crippen molar-refractivity contribution in [2.24, 2.45) is 0 Å². The Hall–Kier alpha value is 0.155.